The quantitative estimate of drug-likeness (QED) is 0.825. The molecule has 1 aromatic heterocycles. The molecule has 3 rings (SSSR count). The van der Waals surface area contributed by atoms with Crippen molar-refractivity contribution in [1.82, 2.24) is 14.5 Å². The highest BCUT2D eigenvalue weighted by atomic mass is 16.1. The van der Waals surface area contributed by atoms with Crippen LogP contribution in [0.15, 0.2) is 18.2 Å². The predicted octanol–water partition coefficient (Wildman–Crippen LogP) is 1.44. The molecule has 18 heavy (non-hydrogen) atoms. The molecule has 0 atom stereocenters. The van der Waals surface area contributed by atoms with Crippen LogP contribution in [0.4, 0.5) is 5.69 Å². The number of likely N-dealkylation sites (N-methyl/N-ethyl adjacent to an activating group) is 1. The van der Waals surface area contributed by atoms with E-state index in [4.69, 9.17) is 0 Å². The van der Waals surface area contributed by atoms with Crippen molar-refractivity contribution in [2.24, 2.45) is 0 Å². The summed E-state index contributed by atoms with van der Waals surface area (Å²) in [7, 11) is 2.10. The molecule has 2 aromatic rings. The Bertz CT molecular complexity index is 617. The normalized spacial score (nSPS) is 15.7. The molecule has 0 spiro atoms. The van der Waals surface area contributed by atoms with Gasteiger partial charge in [-0.25, -0.2) is 4.98 Å². The number of amides is 1. The van der Waals surface area contributed by atoms with Gasteiger partial charge in [-0.2, -0.15) is 0 Å². The molecule has 5 heteroatoms. The van der Waals surface area contributed by atoms with E-state index in [1.807, 2.05) is 18.2 Å². The highest BCUT2D eigenvalue weighted by Crippen LogP contribution is 2.23. The van der Waals surface area contributed by atoms with Gasteiger partial charge < -0.3 is 9.88 Å². The van der Waals surface area contributed by atoms with Gasteiger partial charge in [0.25, 0.3) is 0 Å². The van der Waals surface area contributed by atoms with Gasteiger partial charge in [-0.3, -0.25) is 9.69 Å². The molecule has 94 valence electrons. The summed E-state index contributed by atoms with van der Waals surface area (Å²) in [6.45, 7) is 4.41. The number of nitrogens with zero attached hydrogens (tertiary/aromatic N) is 3. The van der Waals surface area contributed by atoms with Crippen LogP contribution in [0.2, 0.25) is 0 Å². The molecule has 1 aromatic carbocycles. The Balaban J connectivity index is 2.05. The Morgan fingerprint density at radius 3 is 3.00 bits per heavy atom. The van der Waals surface area contributed by atoms with Crippen LogP contribution < -0.4 is 5.32 Å². The van der Waals surface area contributed by atoms with Crippen LogP contribution in [0, 0.1) is 0 Å². The minimum atomic E-state index is -0.0574. The molecule has 0 saturated carbocycles. The highest BCUT2D eigenvalue weighted by Gasteiger charge is 2.17. The first-order chi connectivity index (χ1) is 8.63. The average molecular weight is 244 g/mol. The summed E-state index contributed by atoms with van der Waals surface area (Å²) in [4.78, 5) is 17.9. The summed E-state index contributed by atoms with van der Waals surface area (Å²) >= 11 is 0. The lowest BCUT2D eigenvalue weighted by Gasteiger charge is -2.23. The molecule has 1 N–H and O–H groups in total. The van der Waals surface area contributed by atoms with E-state index in [0.29, 0.717) is 0 Å². The average Bonchev–Trinajstić information content (AvgIpc) is 2.64. The molecule has 0 unspecified atom stereocenters. The third kappa shape index (κ3) is 1.86. The molecule has 5 nitrogen and oxygen atoms in total. The van der Waals surface area contributed by atoms with Gasteiger partial charge in [-0.15, -0.1) is 0 Å². The number of anilines is 1. The van der Waals surface area contributed by atoms with Crippen LogP contribution in [0.5, 0.6) is 0 Å². The number of carbonyl (C=O) groups is 1. The number of nitrogens with one attached hydrogen (secondary N) is 1. The standard InChI is InChI=1S/C13H16N4O/c1-9(18)14-10-3-4-12-11(7-10)15-13-8-16(2)5-6-17(12)13/h3-4,7H,5-6,8H2,1-2H3,(H,14,18). The largest absolute Gasteiger partial charge is 0.326 e. The van der Waals surface area contributed by atoms with Gasteiger partial charge >= 0.3 is 0 Å². The first-order valence-corrected chi connectivity index (χ1v) is 6.09. The number of rotatable bonds is 1. The van der Waals surface area contributed by atoms with Gasteiger partial charge in [-0.05, 0) is 25.2 Å². The molecule has 1 amide bonds. The molecule has 0 bridgehead atoms. The fourth-order valence-corrected chi connectivity index (χ4v) is 2.42. The lowest BCUT2D eigenvalue weighted by Crippen LogP contribution is -2.30. The summed E-state index contributed by atoms with van der Waals surface area (Å²) < 4.78 is 2.26. The first kappa shape index (κ1) is 11.2. The van der Waals surface area contributed by atoms with Crippen LogP contribution in [0.3, 0.4) is 0 Å². The monoisotopic (exact) mass is 244 g/mol. The Kier molecular flexibility index (Phi) is 2.56. The van der Waals surface area contributed by atoms with Gasteiger partial charge in [0.05, 0.1) is 17.6 Å². The maximum absolute atomic E-state index is 11.0. The fourth-order valence-electron chi connectivity index (χ4n) is 2.42. The minimum absolute atomic E-state index is 0.0574. The van der Waals surface area contributed by atoms with Crippen molar-refractivity contribution in [3.63, 3.8) is 0 Å². The predicted molar refractivity (Wildman–Crippen MR) is 70.4 cm³/mol. The van der Waals surface area contributed by atoms with Gasteiger partial charge in [0.15, 0.2) is 0 Å². The van der Waals surface area contributed by atoms with E-state index in [9.17, 15) is 4.79 Å². The van der Waals surface area contributed by atoms with E-state index in [-0.39, 0.29) is 5.91 Å². The van der Waals surface area contributed by atoms with Crippen molar-refractivity contribution in [2.75, 3.05) is 18.9 Å². The number of hydrogen-bond acceptors (Lipinski definition) is 3. The Labute approximate surface area is 105 Å². The van der Waals surface area contributed by atoms with Crippen LogP contribution >= 0.6 is 0 Å². The Hall–Kier alpha value is -1.88. The molecule has 1 aliphatic heterocycles. The number of hydrogen-bond donors (Lipinski definition) is 1. The molecule has 0 fully saturated rings. The van der Waals surface area contributed by atoms with E-state index in [1.165, 1.54) is 6.92 Å². The third-order valence-corrected chi connectivity index (χ3v) is 3.26. The van der Waals surface area contributed by atoms with Crippen molar-refractivity contribution in [3.05, 3.63) is 24.0 Å². The van der Waals surface area contributed by atoms with Crippen LogP contribution in [0.1, 0.15) is 12.7 Å². The van der Waals surface area contributed by atoms with Crippen molar-refractivity contribution in [3.8, 4) is 0 Å². The summed E-state index contributed by atoms with van der Waals surface area (Å²) in [5.74, 6) is 1.04. The fraction of sp³-hybridized carbons (Fsp3) is 0.385. The summed E-state index contributed by atoms with van der Waals surface area (Å²) in [5, 5.41) is 2.79. The molecular formula is C13H16N4O. The molecular weight excluding hydrogens is 228 g/mol. The van der Waals surface area contributed by atoms with Crippen molar-refractivity contribution in [1.29, 1.82) is 0 Å². The summed E-state index contributed by atoms with van der Waals surface area (Å²) in [5.41, 5.74) is 2.90. The second-order valence-corrected chi connectivity index (χ2v) is 4.80. The van der Waals surface area contributed by atoms with Crippen molar-refractivity contribution < 1.29 is 4.79 Å². The van der Waals surface area contributed by atoms with Gasteiger partial charge in [-0.1, -0.05) is 0 Å². The Morgan fingerprint density at radius 1 is 1.39 bits per heavy atom. The summed E-state index contributed by atoms with van der Waals surface area (Å²) in [6, 6.07) is 5.89. The first-order valence-electron chi connectivity index (χ1n) is 6.09. The van der Waals surface area contributed by atoms with Gasteiger partial charge in [0, 0.05) is 25.7 Å². The number of carbonyl (C=O) groups excluding carboxylic acids is 1. The number of aromatic nitrogens is 2. The second-order valence-electron chi connectivity index (χ2n) is 4.80. The van der Waals surface area contributed by atoms with Crippen molar-refractivity contribution in [2.45, 2.75) is 20.0 Å². The SMILES string of the molecule is CC(=O)Nc1ccc2c(c1)nc1n2CCN(C)C1. The number of imidazole rings is 1. The lowest BCUT2D eigenvalue weighted by molar-refractivity contribution is -0.114. The summed E-state index contributed by atoms with van der Waals surface area (Å²) in [6.07, 6.45) is 0. The maximum Gasteiger partial charge on any atom is 0.221 e. The highest BCUT2D eigenvalue weighted by molar-refractivity contribution is 5.91. The molecule has 1 aliphatic rings. The van der Waals surface area contributed by atoms with E-state index < -0.39 is 0 Å². The topological polar surface area (TPSA) is 50.2 Å². The maximum atomic E-state index is 11.0. The van der Waals surface area contributed by atoms with Crippen LogP contribution in [0.25, 0.3) is 11.0 Å². The molecule has 0 saturated heterocycles. The number of fused-ring (bicyclic) bond motifs is 3. The van der Waals surface area contributed by atoms with E-state index >= 15 is 0 Å². The minimum Gasteiger partial charge on any atom is -0.326 e. The zero-order chi connectivity index (χ0) is 12.7. The van der Waals surface area contributed by atoms with Gasteiger partial charge in [0.2, 0.25) is 5.91 Å². The molecule has 0 aliphatic carbocycles. The zero-order valence-corrected chi connectivity index (χ0v) is 10.6. The smallest absolute Gasteiger partial charge is 0.221 e. The third-order valence-electron chi connectivity index (χ3n) is 3.26. The zero-order valence-electron chi connectivity index (χ0n) is 10.6. The van der Waals surface area contributed by atoms with Gasteiger partial charge in [0.1, 0.15) is 5.82 Å². The molecule has 0 radical (unpaired) electrons. The van der Waals surface area contributed by atoms with Crippen molar-refractivity contribution >= 4 is 22.6 Å². The Morgan fingerprint density at radius 2 is 2.22 bits per heavy atom. The van der Waals surface area contributed by atoms with E-state index in [2.05, 4.69) is 26.8 Å². The number of benzene rings is 1. The van der Waals surface area contributed by atoms with Crippen LogP contribution in [-0.4, -0.2) is 34.0 Å². The lowest BCUT2D eigenvalue weighted by atomic mass is 10.2. The van der Waals surface area contributed by atoms with E-state index in [1.54, 1.807) is 0 Å². The second kappa shape index (κ2) is 4.10. The molecule has 2 heterocycles. The van der Waals surface area contributed by atoms with E-state index in [0.717, 1.165) is 42.2 Å². The van der Waals surface area contributed by atoms with Crippen LogP contribution in [-0.2, 0) is 17.9 Å².